The number of nitrogens with zero attached hydrogens (tertiary/aromatic N) is 2. The fourth-order valence-corrected chi connectivity index (χ4v) is 0.796. The van der Waals surface area contributed by atoms with Gasteiger partial charge in [-0.25, -0.2) is 4.98 Å². The van der Waals surface area contributed by atoms with E-state index in [1.54, 1.807) is 0 Å². The van der Waals surface area contributed by atoms with Gasteiger partial charge in [-0.3, -0.25) is 9.89 Å². The van der Waals surface area contributed by atoms with Gasteiger partial charge in [0.25, 0.3) is 5.91 Å². The summed E-state index contributed by atoms with van der Waals surface area (Å²) in [7, 11) is 0. The lowest BCUT2D eigenvalue weighted by Crippen LogP contribution is -2.26. The molecule has 0 atom stereocenters. The van der Waals surface area contributed by atoms with Crippen LogP contribution in [0, 0.1) is 0 Å². The first-order valence-corrected chi connectivity index (χ1v) is 3.52. The molecule has 1 aromatic heterocycles. The summed E-state index contributed by atoms with van der Waals surface area (Å²) in [5, 5.41) is 8.85. The normalized spacial score (nSPS) is 16.4. The van der Waals surface area contributed by atoms with Crippen molar-refractivity contribution < 1.29 is 4.79 Å². The van der Waals surface area contributed by atoms with Gasteiger partial charge in [-0.15, -0.1) is 0 Å². The van der Waals surface area contributed by atoms with Crippen LogP contribution in [0.2, 0.25) is 0 Å². The molecule has 1 amide bonds. The number of H-pyrrole nitrogens is 1. The van der Waals surface area contributed by atoms with Crippen LogP contribution in [0.25, 0.3) is 0 Å². The molecule has 1 heterocycles. The Balaban J connectivity index is 1.99. The molecule has 1 aromatic rings. The van der Waals surface area contributed by atoms with Gasteiger partial charge in [-0.1, -0.05) is 0 Å². The van der Waals surface area contributed by atoms with Gasteiger partial charge in [-0.05, 0) is 12.8 Å². The van der Waals surface area contributed by atoms with E-state index >= 15 is 0 Å². The topological polar surface area (TPSA) is 70.7 Å². The Morgan fingerprint density at radius 3 is 3.09 bits per heavy atom. The monoisotopic (exact) mass is 152 g/mol. The van der Waals surface area contributed by atoms with E-state index in [1.807, 2.05) is 0 Å². The number of nitrogens with one attached hydrogen (secondary N) is 2. The fourth-order valence-electron chi connectivity index (χ4n) is 0.796. The van der Waals surface area contributed by atoms with Gasteiger partial charge in [-0.2, -0.15) is 5.10 Å². The number of amides is 1. The van der Waals surface area contributed by atoms with Crippen molar-refractivity contribution in [2.75, 3.05) is 0 Å². The summed E-state index contributed by atoms with van der Waals surface area (Å²) in [6.45, 7) is 0. The van der Waals surface area contributed by atoms with Gasteiger partial charge in [0.15, 0.2) is 0 Å². The lowest BCUT2D eigenvalue weighted by atomic mass is 10.5. The summed E-state index contributed by atoms with van der Waals surface area (Å²) in [6, 6.07) is 0.368. The molecule has 0 aliphatic heterocycles. The van der Waals surface area contributed by atoms with Gasteiger partial charge in [0, 0.05) is 6.04 Å². The highest BCUT2D eigenvalue weighted by Crippen LogP contribution is 2.18. The SMILES string of the molecule is O=C(NC1CC1)c1ncn[nH]1. The molecule has 1 saturated carbocycles. The van der Waals surface area contributed by atoms with E-state index in [-0.39, 0.29) is 11.7 Å². The highest BCUT2D eigenvalue weighted by molar-refractivity contribution is 5.90. The molecular formula is C6H8N4O. The maximum atomic E-state index is 11.1. The Labute approximate surface area is 63.2 Å². The molecule has 0 radical (unpaired) electrons. The van der Waals surface area contributed by atoms with Gasteiger partial charge in [0.2, 0.25) is 5.82 Å². The molecule has 0 bridgehead atoms. The molecule has 2 N–H and O–H groups in total. The van der Waals surface area contributed by atoms with Crippen LogP contribution in [-0.2, 0) is 0 Å². The Hall–Kier alpha value is -1.39. The predicted molar refractivity (Wildman–Crippen MR) is 36.9 cm³/mol. The van der Waals surface area contributed by atoms with Crippen molar-refractivity contribution in [2.24, 2.45) is 0 Å². The first kappa shape index (κ1) is 6.33. The Kier molecular flexibility index (Phi) is 1.34. The molecule has 0 aromatic carbocycles. The smallest absolute Gasteiger partial charge is 0.288 e. The molecular weight excluding hydrogens is 144 g/mol. The number of carbonyl (C=O) groups is 1. The minimum Gasteiger partial charge on any atom is -0.347 e. The minimum atomic E-state index is -0.162. The van der Waals surface area contributed by atoms with Gasteiger partial charge in [0.05, 0.1) is 0 Å². The second-order valence-electron chi connectivity index (χ2n) is 2.58. The molecule has 58 valence electrons. The summed E-state index contributed by atoms with van der Waals surface area (Å²) in [5.41, 5.74) is 0. The van der Waals surface area contributed by atoms with Crippen LogP contribution in [-0.4, -0.2) is 27.1 Å². The lowest BCUT2D eigenvalue weighted by Gasteiger charge is -1.96. The van der Waals surface area contributed by atoms with Crippen LogP contribution in [0.4, 0.5) is 0 Å². The summed E-state index contributed by atoms with van der Waals surface area (Å²) < 4.78 is 0. The second-order valence-corrected chi connectivity index (χ2v) is 2.58. The van der Waals surface area contributed by atoms with Crippen LogP contribution in [0.3, 0.4) is 0 Å². The van der Waals surface area contributed by atoms with E-state index in [9.17, 15) is 4.79 Å². The third kappa shape index (κ3) is 1.36. The number of aromatic amines is 1. The molecule has 1 aliphatic rings. The third-order valence-corrected chi connectivity index (χ3v) is 1.54. The van der Waals surface area contributed by atoms with Crippen LogP contribution >= 0.6 is 0 Å². The molecule has 1 aliphatic carbocycles. The Morgan fingerprint density at radius 1 is 1.73 bits per heavy atom. The summed E-state index contributed by atoms with van der Waals surface area (Å²) in [5.74, 6) is 0.127. The largest absolute Gasteiger partial charge is 0.347 e. The quantitative estimate of drug-likeness (QED) is 0.611. The standard InChI is InChI=1S/C6H8N4O/c11-6(9-4-1-2-4)5-7-3-8-10-5/h3-4H,1-2H2,(H,9,11)(H,7,8,10). The number of rotatable bonds is 2. The van der Waals surface area contributed by atoms with Crippen molar-refractivity contribution >= 4 is 5.91 Å². The van der Waals surface area contributed by atoms with Crippen LogP contribution in [0.1, 0.15) is 23.5 Å². The Bertz CT molecular complexity index is 252. The minimum absolute atomic E-state index is 0.162. The van der Waals surface area contributed by atoms with Crippen molar-refractivity contribution in [1.82, 2.24) is 20.5 Å². The summed E-state index contributed by atoms with van der Waals surface area (Å²) >= 11 is 0. The molecule has 1 fully saturated rings. The number of aromatic nitrogens is 3. The van der Waals surface area contributed by atoms with E-state index in [0.717, 1.165) is 12.8 Å². The average molecular weight is 152 g/mol. The average Bonchev–Trinajstić information content (AvgIpc) is 2.67. The van der Waals surface area contributed by atoms with Crippen molar-refractivity contribution in [3.63, 3.8) is 0 Å². The zero-order chi connectivity index (χ0) is 7.68. The van der Waals surface area contributed by atoms with E-state index in [1.165, 1.54) is 6.33 Å². The summed E-state index contributed by atoms with van der Waals surface area (Å²) in [4.78, 5) is 14.8. The zero-order valence-electron chi connectivity index (χ0n) is 5.87. The molecule has 5 nitrogen and oxygen atoms in total. The van der Waals surface area contributed by atoms with E-state index in [0.29, 0.717) is 6.04 Å². The fraction of sp³-hybridized carbons (Fsp3) is 0.500. The van der Waals surface area contributed by atoms with Crippen LogP contribution < -0.4 is 5.32 Å². The molecule has 0 spiro atoms. The van der Waals surface area contributed by atoms with Gasteiger partial charge < -0.3 is 5.32 Å². The first-order chi connectivity index (χ1) is 5.36. The summed E-state index contributed by atoms with van der Waals surface area (Å²) in [6.07, 6.45) is 3.49. The molecule has 2 rings (SSSR count). The van der Waals surface area contributed by atoms with Crippen molar-refractivity contribution in [1.29, 1.82) is 0 Å². The highest BCUT2D eigenvalue weighted by atomic mass is 16.2. The van der Waals surface area contributed by atoms with Crippen LogP contribution in [0.5, 0.6) is 0 Å². The Morgan fingerprint density at radius 2 is 2.55 bits per heavy atom. The highest BCUT2D eigenvalue weighted by Gasteiger charge is 2.24. The maximum Gasteiger partial charge on any atom is 0.288 e. The predicted octanol–water partition coefficient (Wildman–Crippen LogP) is -0.303. The van der Waals surface area contributed by atoms with E-state index in [4.69, 9.17) is 0 Å². The van der Waals surface area contributed by atoms with Crippen molar-refractivity contribution in [2.45, 2.75) is 18.9 Å². The van der Waals surface area contributed by atoms with E-state index in [2.05, 4.69) is 20.5 Å². The van der Waals surface area contributed by atoms with Gasteiger partial charge >= 0.3 is 0 Å². The third-order valence-electron chi connectivity index (χ3n) is 1.54. The zero-order valence-corrected chi connectivity index (χ0v) is 5.87. The van der Waals surface area contributed by atoms with Crippen molar-refractivity contribution in [3.8, 4) is 0 Å². The lowest BCUT2D eigenvalue weighted by molar-refractivity contribution is 0.0941. The molecule has 0 unspecified atom stereocenters. The van der Waals surface area contributed by atoms with E-state index < -0.39 is 0 Å². The number of hydrogen-bond donors (Lipinski definition) is 2. The van der Waals surface area contributed by atoms with Crippen molar-refractivity contribution in [3.05, 3.63) is 12.2 Å². The molecule has 0 saturated heterocycles. The second kappa shape index (κ2) is 2.34. The maximum absolute atomic E-state index is 11.1. The molecule has 11 heavy (non-hydrogen) atoms. The number of hydrogen-bond acceptors (Lipinski definition) is 3. The molecule has 5 heteroatoms. The van der Waals surface area contributed by atoms with Gasteiger partial charge in [0.1, 0.15) is 6.33 Å². The van der Waals surface area contributed by atoms with Crippen LogP contribution in [0.15, 0.2) is 6.33 Å². The number of carbonyl (C=O) groups excluding carboxylic acids is 1. The first-order valence-electron chi connectivity index (χ1n) is 3.52.